The summed E-state index contributed by atoms with van der Waals surface area (Å²) in [5, 5.41) is -0.0502. The number of carbonyl (C=O) groups is 2. The molecule has 1 fully saturated rings. The molecule has 0 aromatic heterocycles. The van der Waals surface area contributed by atoms with E-state index < -0.39 is 16.0 Å². The van der Waals surface area contributed by atoms with Gasteiger partial charge in [0, 0.05) is 13.1 Å². The zero-order valence-electron chi connectivity index (χ0n) is 15.1. The van der Waals surface area contributed by atoms with Gasteiger partial charge in [-0.1, -0.05) is 11.6 Å². The quantitative estimate of drug-likeness (QED) is 0.481. The number of carbonyl (C=O) groups excluding carboxylic acids is 2. The molecule has 10 heteroatoms. The van der Waals surface area contributed by atoms with Crippen molar-refractivity contribution in [2.75, 3.05) is 33.3 Å². The van der Waals surface area contributed by atoms with E-state index in [4.69, 9.17) is 17.3 Å². The van der Waals surface area contributed by atoms with Gasteiger partial charge in [0.05, 0.1) is 23.6 Å². The van der Waals surface area contributed by atoms with E-state index in [2.05, 4.69) is 14.4 Å². The number of sulfonamides is 1. The largest absolute Gasteiger partial charge is 0.465 e. The van der Waals surface area contributed by atoms with Gasteiger partial charge in [-0.05, 0) is 50.6 Å². The number of benzene rings is 1. The molecule has 0 bridgehead atoms. The Morgan fingerprint density at radius 3 is 2.78 bits per heavy atom. The van der Waals surface area contributed by atoms with Crippen molar-refractivity contribution in [2.24, 2.45) is 11.7 Å². The SMILES string of the molecule is COC(=O)c1ccc(S(=O)(=O)NCCCN2CCCC(C(N)=O)C2)c(Cl)c1. The molecular formula is C17H24ClN3O5S. The smallest absolute Gasteiger partial charge is 0.337 e. The maximum Gasteiger partial charge on any atom is 0.337 e. The summed E-state index contributed by atoms with van der Waals surface area (Å²) in [5.74, 6) is -1.02. The summed E-state index contributed by atoms with van der Waals surface area (Å²) in [5.41, 5.74) is 5.54. The molecule has 0 spiro atoms. The van der Waals surface area contributed by atoms with E-state index in [0.29, 0.717) is 19.5 Å². The second-order valence-corrected chi connectivity index (χ2v) is 8.57. The number of amides is 1. The monoisotopic (exact) mass is 417 g/mol. The summed E-state index contributed by atoms with van der Waals surface area (Å²) < 4.78 is 31.9. The number of halogens is 1. The average molecular weight is 418 g/mol. The van der Waals surface area contributed by atoms with Crippen molar-refractivity contribution < 1.29 is 22.7 Å². The Balaban J connectivity index is 1.88. The summed E-state index contributed by atoms with van der Waals surface area (Å²) in [6.07, 6.45) is 2.29. The van der Waals surface area contributed by atoms with Gasteiger partial charge < -0.3 is 15.4 Å². The van der Waals surface area contributed by atoms with Crippen LogP contribution in [0.25, 0.3) is 0 Å². The van der Waals surface area contributed by atoms with Crippen LogP contribution < -0.4 is 10.5 Å². The van der Waals surface area contributed by atoms with Crippen LogP contribution in [0.1, 0.15) is 29.6 Å². The molecule has 0 aliphatic carbocycles. The van der Waals surface area contributed by atoms with Gasteiger partial charge in [0.25, 0.3) is 0 Å². The molecule has 8 nitrogen and oxygen atoms in total. The Bertz CT molecular complexity index is 800. The Labute approximate surface area is 164 Å². The third kappa shape index (κ3) is 5.90. The average Bonchev–Trinajstić information content (AvgIpc) is 2.64. The Morgan fingerprint density at radius 1 is 1.41 bits per heavy atom. The lowest BCUT2D eigenvalue weighted by Gasteiger charge is -2.31. The predicted octanol–water partition coefficient (Wildman–Crippen LogP) is 0.992. The van der Waals surface area contributed by atoms with E-state index in [1.54, 1.807) is 0 Å². The van der Waals surface area contributed by atoms with Crippen molar-refractivity contribution in [1.82, 2.24) is 9.62 Å². The minimum atomic E-state index is -3.79. The number of rotatable bonds is 8. The number of nitrogens with zero attached hydrogens (tertiary/aromatic N) is 1. The molecule has 3 N–H and O–H groups in total. The molecule has 1 saturated heterocycles. The molecule has 27 heavy (non-hydrogen) atoms. The standard InChI is InChI=1S/C17H24ClN3O5S/c1-26-17(23)12-5-6-15(14(18)10-12)27(24,25)20-7-3-9-21-8-2-4-13(11-21)16(19)22/h5-6,10,13,20H,2-4,7-9,11H2,1H3,(H2,19,22). The van der Waals surface area contributed by atoms with E-state index in [1.807, 2.05) is 0 Å². The fourth-order valence-electron chi connectivity index (χ4n) is 3.04. The number of methoxy groups -OCH3 is 1. The highest BCUT2D eigenvalue weighted by atomic mass is 35.5. The number of likely N-dealkylation sites (tertiary alicyclic amines) is 1. The minimum absolute atomic E-state index is 0.0502. The van der Waals surface area contributed by atoms with Crippen LogP contribution in [-0.4, -0.2) is 58.5 Å². The van der Waals surface area contributed by atoms with Gasteiger partial charge in [-0.25, -0.2) is 17.9 Å². The van der Waals surface area contributed by atoms with Gasteiger partial charge in [0.2, 0.25) is 15.9 Å². The first-order chi connectivity index (χ1) is 12.7. The van der Waals surface area contributed by atoms with E-state index >= 15 is 0 Å². The molecule has 1 unspecified atom stereocenters. The summed E-state index contributed by atoms with van der Waals surface area (Å²) in [7, 11) is -2.56. The number of hydrogen-bond donors (Lipinski definition) is 2. The first-order valence-corrected chi connectivity index (χ1v) is 10.5. The van der Waals surface area contributed by atoms with Crippen LogP contribution in [0.15, 0.2) is 23.1 Å². The lowest BCUT2D eigenvalue weighted by Crippen LogP contribution is -2.42. The lowest BCUT2D eigenvalue weighted by molar-refractivity contribution is -0.123. The molecule has 1 amide bonds. The minimum Gasteiger partial charge on any atom is -0.465 e. The molecule has 0 saturated carbocycles. The van der Waals surface area contributed by atoms with Crippen LogP contribution in [-0.2, 0) is 19.6 Å². The molecule has 1 atom stereocenters. The Kier molecular flexibility index (Phi) is 7.60. The Hall–Kier alpha value is -1.68. The van der Waals surface area contributed by atoms with Gasteiger partial charge in [0.15, 0.2) is 0 Å². The molecule has 1 aliphatic heterocycles. The zero-order valence-corrected chi connectivity index (χ0v) is 16.7. The summed E-state index contributed by atoms with van der Waals surface area (Å²) >= 11 is 6.02. The number of nitrogens with one attached hydrogen (secondary N) is 1. The first-order valence-electron chi connectivity index (χ1n) is 8.64. The lowest BCUT2D eigenvalue weighted by atomic mass is 9.97. The van der Waals surface area contributed by atoms with E-state index in [9.17, 15) is 18.0 Å². The molecule has 1 aliphatic rings. The van der Waals surface area contributed by atoms with Crippen molar-refractivity contribution in [3.05, 3.63) is 28.8 Å². The topological polar surface area (TPSA) is 119 Å². The van der Waals surface area contributed by atoms with Crippen molar-refractivity contribution in [2.45, 2.75) is 24.2 Å². The maximum absolute atomic E-state index is 12.4. The highest BCUT2D eigenvalue weighted by Gasteiger charge is 2.24. The van der Waals surface area contributed by atoms with Crippen LogP contribution in [0.5, 0.6) is 0 Å². The van der Waals surface area contributed by atoms with Crippen LogP contribution in [0.2, 0.25) is 5.02 Å². The van der Waals surface area contributed by atoms with Crippen LogP contribution in [0.3, 0.4) is 0 Å². The highest BCUT2D eigenvalue weighted by Crippen LogP contribution is 2.23. The van der Waals surface area contributed by atoms with Gasteiger partial charge in [-0.2, -0.15) is 0 Å². The maximum atomic E-state index is 12.4. The summed E-state index contributed by atoms with van der Waals surface area (Å²) in [6.45, 7) is 2.39. The first kappa shape index (κ1) is 21.6. The molecule has 1 aromatic rings. The molecule has 0 radical (unpaired) electrons. The fraction of sp³-hybridized carbons (Fsp3) is 0.529. The normalized spacial score (nSPS) is 18.2. The Morgan fingerprint density at radius 2 is 2.15 bits per heavy atom. The van der Waals surface area contributed by atoms with Crippen molar-refractivity contribution in [1.29, 1.82) is 0 Å². The van der Waals surface area contributed by atoms with Gasteiger partial charge >= 0.3 is 5.97 Å². The van der Waals surface area contributed by atoms with E-state index in [1.165, 1.54) is 25.3 Å². The van der Waals surface area contributed by atoms with Crippen molar-refractivity contribution in [3.63, 3.8) is 0 Å². The fourth-order valence-corrected chi connectivity index (χ4v) is 4.66. The van der Waals surface area contributed by atoms with Crippen LogP contribution in [0.4, 0.5) is 0 Å². The zero-order chi connectivity index (χ0) is 20.0. The number of nitrogens with two attached hydrogens (primary N) is 1. The van der Waals surface area contributed by atoms with E-state index in [0.717, 1.165) is 19.4 Å². The highest BCUT2D eigenvalue weighted by molar-refractivity contribution is 7.89. The summed E-state index contributed by atoms with van der Waals surface area (Å²) in [6, 6.07) is 3.89. The van der Waals surface area contributed by atoms with Gasteiger partial charge in [-0.15, -0.1) is 0 Å². The van der Waals surface area contributed by atoms with Gasteiger partial charge in [0.1, 0.15) is 4.90 Å². The number of primary amides is 1. The van der Waals surface area contributed by atoms with Gasteiger partial charge in [-0.3, -0.25) is 4.79 Å². The van der Waals surface area contributed by atoms with Crippen molar-refractivity contribution >= 4 is 33.5 Å². The molecular weight excluding hydrogens is 394 g/mol. The molecule has 1 heterocycles. The molecule has 2 rings (SSSR count). The summed E-state index contributed by atoms with van der Waals surface area (Å²) in [4.78, 5) is 24.8. The third-order valence-electron chi connectivity index (χ3n) is 4.49. The number of hydrogen-bond acceptors (Lipinski definition) is 6. The number of esters is 1. The predicted molar refractivity (Wildman–Crippen MR) is 101 cm³/mol. The molecule has 150 valence electrons. The second kappa shape index (κ2) is 9.50. The molecule has 1 aromatic carbocycles. The van der Waals surface area contributed by atoms with E-state index in [-0.39, 0.29) is 33.9 Å². The van der Waals surface area contributed by atoms with Crippen LogP contribution >= 0.6 is 11.6 Å². The number of ether oxygens (including phenoxy) is 1. The second-order valence-electron chi connectivity index (χ2n) is 6.43. The van der Waals surface area contributed by atoms with Crippen LogP contribution in [0, 0.1) is 5.92 Å². The number of piperidine rings is 1. The van der Waals surface area contributed by atoms with Crippen molar-refractivity contribution in [3.8, 4) is 0 Å². The third-order valence-corrected chi connectivity index (χ3v) is 6.44.